The molecule has 0 radical (unpaired) electrons. The van der Waals surface area contributed by atoms with Crippen LogP contribution in [0.25, 0.3) is 0 Å². The van der Waals surface area contributed by atoms with Crippen molar-refractivity contribution in [2.45, 2.75) is 27.7 Å². The van der Waals surface area contributed by atoms with E-state index in [9.17, 15) is 4.79 Å². The molecule has 3 heteroatoms. The molecule has 0 heterocycles. The summed E-state index contributed by atoms with van der Waals surface area (Å²) in [5, 5.41) is 0.794. The summed E-state index contributed by atoms with van der Waals surface area (Å²) in [5.41, 5.74) is 0. The summed E-state index contributed by atoms with van der Waals surface area (Å²) in [6.45, 7) is 10.3. The average Bonchev–Trinajstić information content (AvgIpc) is 2.20. The molecule has 1 rings (SSSR count). The van der Waals surface area contributed by atoms with E-state index < -0.39 is 0 Å². The minimum absolute atomic E-state index is 0.312. The van der Waals surface area contributed by atoms with Gasteiger partial charge in [0.15, 0.2) is 0 Å². The third kappa shape index (κ3) is 15.2. The van der Waals surface area contributed by atoms with Crippen LogP contribution in [0.15, 0.2) is 42.7 Å². The molecule has 1 aromatic rings. The number of rotatable bonds is 1. The Bertz CT molecular complexity index is 282. The minimum atomic E-state index is -0.312. The van der Waals surface area contributed by atoms with Crippen molar-refractivity contribution < 1.29 is 9.53 Å². The van der Waals surface area contributed by atoms with Gasteiger partial charge < -0.3 is 4.74 Å². The van der Waals surface area contributed by atoms with Gasteiger partial charge in [0.1, 0.15) is 0 Å². The predicted octanol–water partition coefficient (Wildman–Crippen LogP) is 4.45. The zero-order valence-electron chi connectivity index (χ0n) is 10.3. The summed E-state index contributed by atoms with van der Waals surface area (Å²) in [7, 11) is 0. The molecule has 0 aromatic heterocycles. The van der Waals surface area contributed by atoms with Crippen molar-refractivity contribution in [2.75, 3.05) is 0 Å². The van der Waals surface area contributed by atoms with Crippen LogP contribution in [0.1, 0.15) is 27.7 Å². The molecule has 0 bridgehead atoms. The van der Waals surface area contributed by atoms with Gasteiger partial charge in [-0.05, 0) is 19.1 Å². The lowest BCUT2D eigenvalue weighted by Crippen LogP contribution is -1.93. The molecule has 16 heavy (non-hydrogen) atoms. The second kappa shape index (κ2) is 11.8. The summed E-state index contributed by atoms with van der Waals surface area (Å²) >= 11 is 5.54. The molecule has 0 spiro atoms. The number of hydrogen-bond donors (Lipinski definition) is 0. The first-order valence-electron chi connectivity index (χ1n) is 5.07. The lowest BCUT2D eigenvalue weighted by atomic mass is 10.4. The van der Waals surface area contributed by atoms with Crippen LogP contribution in [0.2, 0.25) is 5.02 Å². The van der Waals surface area contributed by atoms with E-state index in [0.717, 1.165) is 5.02 Å². The molecule has 0 fully saturated rings. The van der Waals surface area contributed by atoms with Gasteiger partial charge in [-0.3, -0.25) is 4.79 Å². The van der Waals surface area contributed by atoms with Crippen molar-refractivity contribution in [1.82, 2.24) is 0 Å². The molecular formula is C13H19ClO2. The SMILES string of the molecule is C=C(C)OC(C)=O.CC.Clc1ccccc1. The van der Waals surface area contributed by atoms with Crippen molar-refractivity contribution in [3.8, 4) is 0 Å². The Labute approximate surface area is 103 Å². The second-order valence-electron chi connectivity index (χ2n) is 2.59. The first-order chi connectivity index (χ1) is 7.52. The number of benzene rings is 1. The maximum atomic E-state index is 9.97. The van der Waals surface area contributed by atoms with Crippen molar-refractivity contribution in [2.24, 2.45) is 0 Å². The van der Waals surface area contributed by atoms with Crippen LogP contribution in [-0.4, -0.2) is 5.97 Å². The normalized spacial score (nSPS) is 7.56. The fourth-order valence-corrected chi connectivity index (χ4v) is 0.806. The van der Waals surface area contributed by atoms with Gasteiger partial charge in [-0.1, -0.05) is 50.2 Å². The van der Waals surface area contributed by atoms with E-state index in [-0.39, 0.29) is 5.97 Å². The highest BCUT2D eigenvalue weighted by molar-refractivity contribution is 6.30. The Morgan fingerprint density at radius 1 is 1.19 bits per heavy atom. The van der Waals surface area contributed by atoms with Crippen LogP contribution in [-0.2, 0) is 9.53 Å². The summed E-state index contributed by atoms with van der Waals surface area (Å²) in [5.74, 6) is 0.125. The first-order valence-corrected chi connectivity index (χ1v) is 5.44. The zero-order chi connectivity index (χ0) is 13.0. The van der Waals surface area contributed by atoms with Crippen molar-refractivity contribution in [1.29, 1.82) is 0 Å². The Morgan fingerprint density at radius 2 is 1.62 bits per heavy atom. The van der Waals surface area contributed by atoms with E-state index in [1.807, 2.05) is 44.2 Å². The number of halogens is 1. The van der Waals surface area contributed by atoms with E-state index in [4.69, 9.17) is 11.6 Å². The summed E-state index contributed by atoms with van der Waals surface area (Å²) in [6.07, 6.45) is 0. The molecule has 0 unspecified atom stereocenters. The monoisotopic (exact) mass is 242 g/mol. The largest absolute Gasteiger partial charge is 0.432 e. The fraction of sp³-hybridized carbons (Fsp3) is 0.308. The summed E-state index contributed by atoms with van der Waals surface area (Å²) in [4.78, 5) is 9.97. The third-order valence-electron chi connectivity index (χ3n) is 1.05. The molecule has 90 valence electrons. The van der Waals surface area contributed by atoms with Gasteiger partial charge in [0.25, 0.3) is 0 Å². The Hall–Kier alpha value is -1.28. The topological polar surface area (TPSA) is 26.3 Å². The van der Waals surface area contributed by atoms with Gasteiger partial charge in [0.05, 0.1) is 5.76 Å². The van der Waals surface area contributed by atoms with Gasteiger partial charge in [-0.2, -0.15) is 0 Å². The summed E-state index contributed by atoms with van der Waals surface area (Å²) in [6, 6.07) is 9.44. The fourth-order valence-electron chi connectivity index (χ4n) is 0.660. The molecule has 0 saturated carbocycles. The highest BCUT2D eigenvalue weighted by Crippen LogP contribution is 2.03. The van der Waals surface area contributed by atoms with Gasteiger partial charge in [-0.25, -0.2) is 0 Å². The molecule has 0 aliphatic rings. The van der Waals surface area contributed by atoms with Gasteiger partial charge >= 0.3 is 5.97 Å². The number of allylic oxidation sites excluding steroid dienone is 1. The lowest BCUT2D eigenvalue weighted by Gasteiger charge is -1.93. The molecule has 0 saturated heterocycles. The number of hydrogen-bond acceptors (Lipinski definition) is 2. The third-order valence-corrected chi connectivity index (χ3v) is 1.30. The second-order valence-corrected chi connectivity index (χ2v) is 3.03. The van der Waals surface area contributed by atoms with Crippen molar-refractivity contribution in [3.63, 3.8) is 0 Å². The Balaban J connectivity index is 0. The Morgan fingerprint density at radius 3 is 1.75 bits per heavy atom. The molecule has 0 aliphatic carbocycles. The quantitative estimate of drug-likeness (QED) is 0.537. The average molecular weight is 243 g/mol. The van der Waals surface area contributed by atoms with E-state index in [2.05, 4.69) is 11.3 Å². The van der Waals surface area contributed by atoms with Crippen molar-refractivity contribution >= 4 is 17.6 Å². The maximum absolute atomic E-state index is 9.97. The van der Waals surface area contributed by atoms with E-state index in [0.29, 0.717) is 5.76 Å². The number of carbonyl (C=O) groups excluding carboxylic acids is 1. The minimum Gasteiger partial charge on any atom is -0.432 e. The molecular weight excluding hydrogens is 224 g/mol. The highest BCUT2D eigenvalue weighted by Gasteiger charge is 1.87. The number of carbonyl (C=O) groups is 1. The van der Waals surface area contributed by atoms with Gasteiger partial charge in [-0.15, -0.1) is 0 Å². The van der Waals surface area contributed by atoms with E-state index in [1.54, 1.807) is 6.92 Å². The van der Waals surface area contributed by atoms with Crippen LogP contribution in [0, 0.1) is 0 Å². The van der Waals surface area contributed by atoms with Crippen LogP contribution >= 0.6 is 11.6 Å². The summed E-state index contributed by atoms with van der Waals surface area (Å²) < 4.78 is 4.42. The Kier molecular flexibility index (Phi) is 12.6. The maximum Gasteiger partial charge on any atom is 0.307 e. The first kappa shape index (κ1) is 17.1. The van der Waals surface area contributed by atoms with Crippen LogP contribution in [0.3, 0.4) is 0 Å². The predicted molar refractivity (Wildman–Crippen MR) is 69.4 cm³/mol. The molecule has 0 aliphatic heterocycles. The molecule has 0 amide bonds. The molecule has 2 nitrogen and oxygen atoms in total. The zero-order valence-corrected chi connectivity index (χ0v) is 11.0. The molecule has 0 atom stereocenters. The molecule has 0 N–H and O–H groups in total. The number of ether oxygens (including phenoxy) is 1. The van der Waals surface area contributed by atoms with E-state index in [1.165, 1.54) is 6.92 Å². The van der Waals surface area contributed by atoms with Gasteiger partial charge in [0, 0.05) is 11.9 Å². The standard InChI is InChI=1S/C6H5Cl.C5H8O2.C2H6/c7-6-4-2-1-3-5-6;1-4(2)7-5(3)6;1-2/h1-5H;1H2,2-3H3;1-2H3. The highest BCUT2D eigenvalue weighted by atomic mass is 35.5. The van der Waals surface area contributed by atoms with Crippen LogP contribution in [0.5, 0.6) is 0 Å². The number of esters is 1. The van der Waals surface area contributed by atoms with Gasteiger partial charge in [0.2, 0.25) is 0 Å². The van der Waals surface area contributed by atoms with Crippen LogP contribution in [0.4, 0.5) is 0 Å². The van der Waals surface area contributed by atoms with E-state index >= 15 is 0 Å². The smallest absolute Gasteiger partial charge is 0.307 e. The van der Waals surface area contributed by atoms with Crippen LogP contribution < -0.4 is 0 Å². The lowest BCUT2D eigenvalue weighted by molar-refractivity contribution is -0.136. The molecule has 1 aromatic carbocycles. The van der Waals surface area contributed by atoms with Crippen molar-refractivity contribution in [3.05, 3.63) is 47.7 Å².